The average Bonchev–Trinajstić information content (AvgIpc) is 2.66. The summed E-state index contributed by atoms with van der Waals surface area (Å²) in [5.74, 6) is -2.14. The second kappa shape index (κ2) is 7.09. The lowest BCUT2D eigenvalue weighted by Gasteiger charge is -2.53. The van der Waals surface area contributed by atoms with Gasteiger partial charge in [-0.15, -0.1) is 11.6 Å². The van der Waals surface area contributed by atoms with Gasteiger partial charge in [-0.2, -0.15) is 5.26 Å². The van der Waals surface area contributed by atoms with Crippen molar-refractivity contribution in [2.24, 2.45) is 5.92 Å². The Morgan fingerprint density at radius 3 is 2.69 bits per heavy atom. The van der Waals surface area contributed by atoms with Gasteiger partial charge >= 0.3 is 5.97 Å². The third kappa shape index (κ3) is 2.95. The van der Waals surface area contributed by atoms with E-state index in [9.17, 15) is 14.9 Å². The van der Waals surface area contributed by atoms with Crippen molar-refractivity contribution in [2.45, 2.75) is 48.5 Å². The van der Waals surface area contributed by atoms with Crippen LogP contribution in [0.5, 0.6) is 0 Å². The van der Waals surface area contributed by atoms with E-state index in [0.29, 0.717) is 25.8 Å². The van der Waals surface area contributed by atoms with Gasteiger partial charge in [0.2, 0.25) is 4.87 Å². The zero-order valence-electron chi connectivity index (χ0n) is 14.5. The van der Waals surface area contributed by atoms with Gasteiger partial charge in [0.15, 0.2) is 0 Å². The van der Waals surface area contributed by atoms with Gasteiger partial charge in [-0.25, -0.2) is 4.79 Å². The van der Waals surface area contributed by atoms with Crippen LogP contribution in [0.2, 0.25) is 0 Å². The quantitative estimate of drug-likeness (QED) is 0.446. The number of alkyl halides is 2. The van der Waals surface area contributed by atoms with Crippen molar-refractivity contribution >= 4 is 35.1 Å². The lowest BCUT2D eigenvalue weighted by molar-refractivity contribution is -0.163. The number of hydrogen-bond acceptors (Lipinski definition) is 4. The Kier molecular flexibility index (Phi) is 5.18. The highest BCUT2D eigenvalue weighted by Gasteiger charge is 2.66. The Balaban J connectivity index is 2.00. The molecule has 1 amide bonds. The molecule has 1 aromatic carbocycles. The van der Waals surface area contributed by atoms with E-state index in [2.05, 4.69) is 6.07 Å². The Hall–Kier alpha value is -1.77. The third-order valence-corrected chi connectivity index (χ3v) is 6.46. The number of benzene rings is 1. The largest absolute Gasteiger partial charge is 0.464 e. The third-order valence-electron chi connectivity index (χ3n) is 5.35. The highest BCUT2D eigenvalue weighted by atomic mass is 35.5. The molecule has 0 N–H and O–H groups in total. The van der Waals surface area contributed by atoms with Crippen molar-refractivity contribution in [1.82, 2.24) is 4.90 Å². The highest BCUT2D eigenvalue weighted by Crippen LogP contribution is 2.53. The van der Waals surface area contributed by atoms with Crippen molar-refractivity contribution in [2.75, 3.05) is 6.61 Å². The van der Waals surface area contributed by atoms with Gasteiger partial charge < -0.3 is 9.64 Å². The van der Waals surface area contributed by atoms with Gasteiger partial charge in [-0.1, -0.05) is 41.9 Å². The normalized spacial score (nSPS) is 33.5. The van der Waals surface area contributed by atoms with Gasteiger partial charge in [0.1, 0.15) is 4.87 Å². The van der Waals surface area contributed by atoms with Crippen LogP contribution >= 0.6 is 23.2 Å². The van der Waals surface area contributed by atoms with Crippen LogP contribution in [0.4, 0.5) is 0 Å². The minimum absolute atomic E-state index is 0.0945. The summed E-state index contributed by atoms with van der Waals surface area (Å²) in [6, 6.07) is 11.5. The first-order valence-electron chi connectivity index (χ1n) is 8.68. The van der Waals surface area contributed by atoms with Crippen LogP contribution in [-0.4, -0.2) is 39.2 Å². The summed E-state index contributed by atoms with van der Waals surface area (Å²) >= 11 is 13.1. The van der Waals surface area contributed by atoms with E-state index >= 15 is 0 Å². The van der Waals surface area contributed by atoms with Crippen LogP contribution in [0.3, 0.4) is 0 Å². The number of halogens is 2. The minimum atomic E-state index is -1.97. The lowest BCUT2D eigenvalue weighted by atomic mass is 9.66. The van der Waals surface area contributed by atoms with Gasteiger partial charge in [-0.05, 0) is 31.7 Å². The van der Waals surface area contributed by atoms with Crippen LogP contribution in [0, 0.1) is 17.2 Å². The standard InChI is InChI=1S/C19H20Cl2N2O3/c1-2-26-17(25)19(21)15-10-14(8-9-18(15,20)12-22)23(16(19)24)11-13-6-4-3-5-7-13/h3-7,14-15H,2,8-11H2,1H3/t14-,15-,18+,19+/m0/s1. The molecule has 5 nitrogen and oxygen atoms in total. The average molecular weight is 395 g/mol. The van der Waals surface area contributed by atoms with Gasteiger partial charge in [0.05, 0.1) is 12.7 Å². The Bertz CT molecular complexity index is 751. The predicted octanol–water partition coefficient (Wildman–Crippen LogP) is 3.24. The number of esters is 1. The molecule has 1 aliphatic carbocycles. The fourth-order valence-electron chi connectivity index (χ4n) is 3.99. The first-order valence-corrected chi connectivity index (χ1v) is 9.43. The van der Waals surface area contributed by atoms with E-state index in [1.165, 1.54) is 0 Å². The molecule has 2 bridgehead atoms. The number of hydrogen-bond donors (Lipinski definition) is 0. The fourth-order valence-corrected chi connectivity index (χ4v) is 4.85. The molecule has 1 aromatic rings. The SMILES string of the molecule is CCOC(=O)[C@]1(Cl)C(=O)N(Cc2ccccc2)[C@H]2CC[C@@](Cl)(C#N)[C@@H]1C2. The Morgan fingerprint density at radius 1 is 1.38 bits per heavy atom. The highest BCUT2D eigenvalue weighted by molar-refractivity contribution is 6.46. The summed E-state index contributed by atoms with van der Waals surface area (Å²) in [4.78, 5) is 24.3. The molecule has 1 saturated carbocycles. The molecule has 1 aliphatic heterocycles. The van der Waals surface area contributed by atoms with Crippen LogP contribution in [0.15, 0.2) is 30.3 Å². The van der Waals surface area contributed by atoms with Crippen LogP contribution < -0.4 is 0 Å². The molecule has 4 atom stereocenters. The maximum Gasteiger partial charge on any atom is 0.337 e. The topological polar surface area (TPSA) is 70.4 Å². The fraction of sp³-hybridized carbons (Fsp3) is 0.526. The number of piperidine rings is 1. The van der Waals surface area contributed by atoms with Crippen molar-refractivity contribution < 1.29 is 14.3 Å². The molecule has 3 rings (SSSR count). The van der Waals surface area contributed by atoms with Crippen molar-refractivity contribution in [3.8, 4) is 6.07 Å². The number of nitriles is 1. The number of nitrogens with zero attached hydrogens (tertiary/aromatic N) is 2. The molecule has 0 radical (unpaired) electrons. The first kappa shape index (κ1) is 19.0. The lowest BCUT2D eigenvalue weighted by Crippen LogP contribution is -2.68. The second-order valence-corrected chi connectivity index (χ2v) is 8.08. The smallest absolute Gasteiger partial charge is 0.337 e. The van der Waals surface area contributed by atoms with Gasteiger partial charge in [0.25, 0.3) is 5.91 Å². The molecule has 7 heteroatoms. The van der Waals surface area contributed by atoms with Gasteiger partial charge in [0, 0.05) is 18.5 Å². The van der Waals surface area contributed by atoms with Crippen LogP contribution in [-0.2, 0) is 20.9 Å². The van der Waals surface area contributed by atoms with Crippen molar-refractivity contribution in [3.05, 3.63) is 35.9 Å². The molecular weight excluding hydrogens is 375 g/mol. The zero-order valence-corrected chi connectivity index (χ0v) is 16.0. The molecule has 26 heavy (non-hydrogen) atoms. The Labute approximate surface area is 162 Å². The van der Waals surface area contributed by atoms with Crippen molar-refractivity contribution in [1.29, 1.82) is 5.26 Å². The monoisotopic (exact) mass is 394 g/mol. The van der Waals surface area contributed by atoms with Crippen LogP contribution in [0.1, 0.15) is 31.7 Å². The second-order valence-electron chi connectivity index (χ2n) is 6.81. The molecule has 1 saturated heterocycles. The molecule has 138 valence electrons. The summed E-state index contributed by atoms with van der Waals surface area (Å²) in [5.41, 5.74) is 0.949. The molecule has 2 fully saturated rings. The van der Waals surface area contributed by atoms with E-state index in [1.54, 1.807) is 11.8 Å². The zero-order chi connectivity index (χ0) is 18.9. The summed E-state index contributed by atoms with van der Waals surface area (Å²) in [6.07, 6.45) is 1.37. The summed E-state index contributed by atoms with van der Waals surface area (Å²) in [6.45, 7) is 2.10. The number of carbonyl (C=O) groups excluding carboxylic acids is 2. The summed E-state index contributed by atoms with van der Waals surface area (Å²) in [5, 5.41) is 9.58. The molecule has 2 aliphatic rings. The molecule has 0 spiro atoms. The van der Waals surface area contributed by atoms with E-state index < -0.39 is 27.5 Å². The number of ether oxygens (including phenoxy) is 1. The Morgan fingerprint density at radius 2 is 2.08 bits per heavy atom. The first-order chi connectivity index (χ1) is 12.4. The molecular formula is C19H20Cl2N2O3. The molecule has 1 heterocycles. The molecule has 0 unspecified atom stereocenters. The van der Waals surface area contributed by atoms with Crippen molar-refractivity contribution in [3.63, 3.8) is 0 Å². The van der Waals surface area contributed by atoms with Crippen LogP contribution in [0.25, 0.3) is 0 Å². The minimum Gasteiger partial charge on any atom is -0.464 e. The van der Waals surface area contributed by atoms with E-state index in [1.807, 2.05) is 30.3 Å². The van der Waals surface area contributed by atoms with E-state index in [0.717, 1.165) is 5.56 Å². The van der Waals surface area contributed by atoms with E-state index in [4.69, 9.17) is 27.9 Å². The number of fused-ring (bicyclic) bond motifs is 2. The van der Waals surface area contributed by atoms with Gasteiger partial charge in [-0.3, -0.25) is 4.79 Å². The predicted molar refractivity (Wildman–Crippen MR) is 97.5 cm³/mol. The van der Waals surface area contributed by atoms with E-state index in [-0.39, 0.29) is 12.6 Å². The number of rotatable bonds is 4. The number of amides is 1. The maximum atomic E-state index is 13.3. The number of carbonyl (C=O) groups is 2. The summed E-state index contributed by atoms with van der Waals surface area (Å²) in [7, 11) is 0. The molecule has 0 aromatic heterocycles. The number of likely N-dealkylation sites (tertiary alicyclic amines) is 1. The maximum absolute atomic E-state index is 13.3. The summed E-state index contributed by atoms with van der Waals surface area (Å²) < 4.78 is 5.10.